The molecular formula is C11H11ClN2O3. The zero-order valence-corrected chi connectivity index (χ0v) is 9.98. The van der Waals surface area contributed by atoms with Crippen molar-refractivity contribution in [3.05, 3.63) is 36.0 Å². The normalized spacial score (nSPS) is 10.2. The number of ether oxygens (including phenoxy) is 2. The van der Waals surface area contributed by atoms with Crippen LogP contribution in [-0.2, 0) is 12.5 Å². The highest BCUT2D eigenvalue weighted by molar-refractivity contribution is 6.16. The molecular weight excluding hydrogens is 244 g/mol. The Morgan fingerprint density at radius 2 is 1.94 bits per heavy atom. The van der Waals surface area contributed by atoms with Crippen LogP contribution in [-0.4, -0.2) is 17.3 Å². The molecule has 0 atom stereocenters. The summed E-state index contributed by atoms with van der Waals surface area (Å²) in [5.74, 6) is 2.55. The molecule has 1 aromatic heterocycles. The minimum atomic E-state index is 0.204. The van der Waals surface area contributed by atoms with Gasteiger partial charge in [0.05, 0.1) is 7.11 Å². The summed E-state index contributed by atoms with van der Waals surface area (Å²) in [4.78, 5) is 4.02. The Balaban J connectivity index is 1.92. The molecule has 6 heteroatoms. The maximum Gasteiger partial charge on any atom is 0.241 e. The summed E-state index contributed by atoms with van der Waals surface area (Å²) < 4.78 is 15.4. The zero-order valence-electron chi connectivity index (χ0n) is 9.22. The molecule has 0 saturated carbocycles. The standard InChI is InChI=1S/C11H11ClN2O3/c1-15-8-2-4-9(5-3-8)16-7-10-13-11(6-12)17-14-10/h2-5H,6-7H2,1H3. The number of alkyl halides is 1. The van der Waals surface area contributed by atoms with Gasteiger partial charge in [-0.3, -0.25) is 0 Å². The van der Waals surface area contributed by atoms with Gasteiger partial charge in [0.15, 0.2) is 6.61 Å². The topological polar surface area (TPSA) is 57.4 Å². The smallest absolute Gasteiger partial charge is 0.241 e. The Kier molecular flexibility index (Phi) is 3.82. The lowest BCUT2D eigenvalue weighted by molar-refractivity contribution is 0.285. The second-order valence-electron chi connectivity index (χ2n) is 3.20. The first-order valence-corrected chi connectivity index (χ1v) is 5.49. The molecule has 0 N–H and O–H groups in total. The lowest BCUT2D eigenvalue weighted by Crippen LogP contribution is -1.97. The van der Waals surface area contributed by atoms with Gasteiger partial charge in [-0.05, 0) is 24.3 Å². The van der Waals surface area contributed by atoms with Gasteiger partial charge in [0.1, 0.15) is 17.4 Å². The van der Waals surface area contributed by atoms with E-state index in [1.807, 2.05) is 12.1 Å². The van der Waals surface area contributed by atoms with E-state index in [1.54, 1.807) is 19.2 Å². The summed E-state index contributed by atoms with van der Waals surface area (Å²) in [6.07, 6.45) is 0. The van der Waals surface area contributed by atoms with Gasteiger partial charge in [-0.25, -0.2) is 0 Å². The van der Waals surface area contributed by atoms with E-state index in [-0.39, 0.29) is 12.5 Å². The third kappa shape index (κ3) is 3.10. The van der Waals surface area contributed by atoms with Crippen molar-refractivity contribution in [2.45, 2.75) is 12.5 Å². The van der Waals surface area contributed by atoms with Crippen molar-refractivity contribution < 1.29 is 14.0 Å². The maximum atomic E-state index is 5.54. The maximum absolute atomic E-state index is 5.54. The third-order valence-corrected chi connectivity index (χ3v) is 2.28. The number of benzene rings is 1. The van der Waals surface area contributed by atoms with Crippen molar-refractivity contribution in [3.8, 4) is 11.5 Å². The summed E-state index contributed by atoms with van der Waals surface area (Å²) in [6.45, 7) is 0.243. The van der Waals surface area contributed by atoms with Gasteiger partial charge >= 0.3 is 0 Å². The fraction of sp³-hybridized carbons (Fsp3) is 0.273. The number of halogens is 1. The molecule has 90 valence electrons. The predicted molar refractivity (Wildman–Crippen MR) is 61.2 cm³/mol. The van der Waals surface area contributed by atoms with Gasteiger partial charge in [0, 0.05) is 0 Å². The highest BCUT2D eigenvalue weighted by atomic mass is 35.5. The molecule has 1 aromatic carbocycles. The minimum Gasteiger partial charge on any atom is -0.497 e. The largest absolute Gasteiger partial charge is 0.497 e. The molecule has 2 aromatic rings. The van der Waals surface area contributed by atoms with Crippen LogP contribution in [0.25, 0.3) is 0 Å². The Morgan fingerprint density at radius 3 is 2.53 bits per heavy atom. The first kappa shape index (κ1) is 11.7. The summed E-state index contributed by atoms with van der Waals surface area (Å²) in [7, 11) is 1.61. The summed E-state index contributed by atoms with van der Waals surface area (Å²) in [5.41, 5.74) is 0. The Morgan fingerprint density at radius 1 is 1.24 bits per heavy atom. The van der Waals surface area contributed by atoms with E-state index in [1.165, 1.54) is 0 Å². The van der Waals surface area contributed by atoms with E-state index >= 15 is 0 Å². The predicted octanol–water partition coefficient (Wildman–Crippen LogP) is 2.40. The van der Waals surface area contributed by atoms with E-state index in [2.05, 4.69) is 10.1 Å². The highest BCUT2D eigenvalue weighted by Crippen LogP contribution is 2.17. The van der Waals surface area contributed by atoms with E-state index in [4.69, 9.17) is 25.6 Å². The first-order chi connectivity index (χ1) is 8.31. The monoisotopic (exact) mass is 254 g/mol. The molecule has 0 bridgehead atoms. The van der Waals surface area contributed by atoms with Gasteiger partial charge in [-0.15, -0.1) is 11.6 Å². The molecule has 0 aliphatic carbocycles. The second-order valence-corrected chi connectivity index (χ2v) is 3.47. The molecule has 0 fully saturated rings. The number of methoxy groups -OCH3 is 1. The molecule has 2 rings (SSSR count). The van der Waals surface area contributed by atoms with Crippen LogP contribution < -0.4 is 9.47 Å². The number of rotatable bonds is 5. The minimum absolute atomic E-state index is 0.204. The Bertz CT molecular complexity index is 470. The fourth-order valence-electron chi connectivity index (χ4n) is 1.22. The van der Waals surface area contributed by atoms with Crippen LogP contribution in [0.3, 0.4) is 0 Å². The number of aromatic nitrogens is 2. The first-order valence-electron chi connectivity index (χ1n) is 4.96. The van der Waals surface area contributed by atoms with E-state index in [0.717, 1.165) is 5.75 Å². The van der Waals surface area contributed by atoms with Crippen molar-refractivity contribution in [1.82, 2.24) is 10.1 Å². The molecule has 0 amide bonds. The average molecular weight is 255 g/mol. The average Bonchev–Trinajstić information content (AvgIpc) is 2.85. The number of nitrogens with zero attached hydrogens (tertiary/aromatic N) is 2. The summed E-state index contributed by atoms with van der Waals surface area (Å²) in [5, 5.41) is 3.72. The quantitative estimate of drug-likeness (QED) is 0.767. The molecule has 17 heavy (non-hydrogen) atoms. The molecule has 0 aliphatic heterocycles. The lowest BCUT2D eigenvalue weighted by Gasteiger charge is -2.04. The number of hydrogen-bond acceptors (Lipinski definition) is 5. The van der Waals surface area contributed by atoms with Crippen LogP contribution in [0.1, 0.15) is 11.7 Å². The molecule has 1 heterocycles. The van der Waals surface area contributed by atoms with Gasteiger partial charge in [0.25, 0.3) is 0 Å². The SMILES string of the molecule is COc1ccc(OCc2noc(CCl)n2)cc1. The van der Waals surface area contributed by atoms with Gasteiger partial charge < -0.3 is 14.0 Å². The van der Waals surface area contributed by atoms with Crippen molar-refractivity contribution in [3.63, 3.8) is 0 Å². The van der Waals surface area contributed by atoms with E-state index in [0.29, 0.717) is 17.5 Å². The third-order valence-electron chi connectivity index (χ3n) is 2.05. The summed E-state index contributed by atoms with van der Waals surface area (Å²) >= 11 is 5.54. The van der Waals surface area contributed by atoms with E-state index in [9.17, 15) is 0 Å². The Hall–Kier alpha value is -1.75. The number of hydrogen-bond donors (Lipinski definition) is 0. The van der Waals surface area contributed by atoms with Gasteiger partial charge in [-0.2, -0.15) is 4.98 Å². The van der Waals surface area contributed by atoms with Crippen LogP contribution in [0, 0.1) is 0 Å². The highest BCUT2D eigenvalue weighted by Gasteiger charge is 2.05. The van der Waals surface area contributed by atoms with Crippen molar-refractivity contribution in [2.75, 3.05) is 7.11 Å². The van der Waals surface area contributed by atoms with Crippen LogP contribution in [0.2, 0.25) is 0 Å². The fourth-order valence-corrected chi connectivity index (χ4v) is 1.33. The molecule has 0 spiro atoms. The van der Waals surface area contributed by atoms with E-state index < -0.39 is 0 Å². The molecule has 0 saturated heterocycles. The van der Waals surface area contributed by atoms with Crippen LogP contribution in [0.5, 0.6) is 11.5 Å². The van der Waals surface area contributed by atoms with Crippen molar-refractivity contribution >= 4 is 11.6 Å². The second kappa shape index (κ2) is 5.54. The molecule has 0 aliphatic rings. The van der Waals surface area contributed by atoms with Crippen LogP contribution in [0.4, 0.5) is 0 Å². The van der Waals surface area contributed by atoms with Crippen molar-refractivity contribution in [1.29, 1.82) is 0 Å². The lowest BCUT2D eigenvalue weighted by atomic mass is 10.3. The molecule has 0 radical (unpaired) electrons. The van der Waals surface area contributed by atoms with Crippen molar-refractivity contribution in [2.24, 2.45) is 0 Å². The zero-order chi connectivity index (χ0) is 12.1. The summed E-state index contributed by atoms with van der Waals surface area (Å²) in [6, 6.07) is 7.24. The Labute approximate surface area is 103 Å². The molecule has 5 nitrogen and oxygen atoms in total. The van der Waals surface area contributed by atoms with Crippen LogP contribution in [0.15, 0.2) is 28.8 Å². The van der Waals surface area contributed by atoms with Crippen LogP contribution >= 0.6 is 11.6 Å². The van der Waals surface area contributed by atoms with Gasteiger partial charge in [-0.1, -0.05) is 5.16 Å². The molecule has 0 unspecified atom stereocenters. The van der Waals surface area contributed by atoms with Gasteiger partial charge in [0.2, 0.25) is 11.7 Å².